The molecular weight excluding hydrogens is 336 g/mol. The van der Waals surface area contributed by atoms with Crippen LogP contribution in [0.25, 0.3) is 16.7 Å². The van der Waals surface area contributed by atoms with Gasteiger partial charge in [-0.1, -0.05) is 30.4 Å². The maximum Gasteiger partial charge on any atom is 0.237 e. The average Bonchev–Trinajstić information content (AvgIpc) is 3.31. The normalized spacial score (nSPS) is 18.8. The molecule has 1 aliphatic heterocycles. The third kappa shape index (κ3) is 2.69. The van der Waals surface area contributed by atoms with Crippen molar-refractivity contribution in [3.05, 3.63) is 71.0 Å². The van der Waals surface area contributed by atoms with Gasteiger partial charge in [-0.15, -0.1) is 0 Å². The molecule has 2 heterocycles. The molecule has 1 N–H and O–H groups in total. The Bertz CT molecular complexity index is 1060. The second-order valence-electron chi connectivity index (χ2n) is 7.16. The zero-order valence-electron chi connectivity index (χ0n) is 15.2. The van der Waals surface area contributed by atoms with Crippen molar-refractivity contribution in [1.29, 1.82) is 0 Å². The van der Waals surface area contributed by atoms with Crippen LogP contribution in [0.15, 0.2) is 54.3 Å². The maximum absolute atomic E-state index is 12.6. The fourth-order valence-corrected chi connectivity index (χ4v) is 3.99. The summed E-state index contributed by atoms with van der Waals surface area (Å²) in [5.41, 5.74) is 8.39. The van der Waals surface area contributed by atoms with Crippen LogP contribution in [-0.4, -0.2) is 23.9 Å². The lowest BCUT2D eigenvalue weighted by atomic mass is 9.96. The zero-order valence-corrected chi connectivity index (χ0v) is 15.2. The van der Waals surface area contributed by atoms with Crippen molar-refractivity contribution in [3.8, 4) is 17.0 Å². The molecule has 134 valence electrons. The molecule has 4 heteroatoms. The lowest BCUT2D eigenvalue weighted by Gasteiger charge is -2.21. The van der Waals surface area contributed by atoms with Gasteiger partial charge in [0.15, 0.2) is 5.78 Å². The molecule has 0 amide bonds. The van der Waals surface area contributed by atoms with E-state index < -0.39 is 0 Å². The van der Waals surface area contributed by atoms with Crippen molar-refractivity contribution >= 4 is 17.0 Å². The molecule has 5 rings (SSSR count). The summed E-state index contributed by atoms with van der Waals surface area (Å²) in [6, 6.07) is 6.30. The number of nitrogens with one attached hydrogen (secondary N) is 1. The van der Waals surface area contributed by atoms with Gasteiger partial charge in [0.05, 0.1) is 0 Å². The van der Waals surface area contributed by atoms with Crippen LogP contribution in [0.1, 0.15) is 23.1 Å². The number of carbonyl (C=O) groups is 1. The van der Waals surface area contributed by atoms with Crippen LogP contribution >= 0.6 is 0 Å². The van der Waals surface area contributed by atoms with E-state index in [1.54, 1.807) is 0 Å². The van der Waals surface area contributed by atoms with Crippen LogP contribution in [0.5, 0.6) is 5.88 Å². The minimum atomic E-state index is 0.199. The summed E-state index contributed by atoms with van der Waals surface area (Å²) in [5.74, 6) is 0.866. The Kier molecular flexibility index (Phi) is 3.71. The topological polar surface area (TPSA) is 51.2 Å². The molecule has 0 radical (unpaired) electrons. The number of fused-ring (bicyclic) bond motifs is 2. The summed E-state index contributed by atoms with van der Waals surface area (Å²) in [5, 5.41) is 3.39. The Labute approximate surface area is 158 Å². The summed E-state index contributed by atoms with van der Waals surface area (Å²) in [7, 11) is 0. The zero-order chi connectivity index (χ0) is 18.4. The summed E-state index contributed by atoms with van der Waals surface area (Å²) >= 11 is 0. The second kappa shape index (κ2) is 6.23. The van der Waals surface area contributed by atoms with Gasteiger partial charge in [-0.05, 0) is 53.3 Å². The summed E-state index contributed by atoms with van der Waals surface area (Å²) in [4.78, 5) is 17.1. The summed E-state index contributed by atoms with van der Waals surface area (Å²) < 4.78 is 5.64. The van der Waals surface area contributed by atoms with E-state index >= 15 is 0 Å². The van der Waals surface area contributed by atoms with E-state index in [1.807, 2.05) is 18.3 Å². The Morgan fingerprint density at radius 1 is 1.26 bits per heavy atom. The van der Waals surface area contributed by atoms with E-state index in [9.17, 15) is 4.79 Å². The summed E-state index contributed by atoms with van der Waals surface area (Å²) in [6.07, 6.45) is 11.5. The number of aromatic nitrogens is 1. The Morgan fingerprint density at radius 3 is 3.04 bits per heavy atom. The number of ketones is 1. The molecular formula is C23H20N2O2. The number of benzene rings is 1. The van der Waals surface area contributed by atoms with Crippen molar-refractivity contribution in [2.24, 2.45) is 0 Å². The molecule has 2 aliphatic carbocycles. The predicted octanol–water partition coefficient (Wildman–Crippen LogP) is 4.26. The number of rotatable bonds is 2. The van der Waals surface area contributed by atoms with Gasteiger partial charge in [0, 0.05) is 30.3 Å². The molecule has 0 fully saturated rings. The maximum atomic E-state index is 12.6. The minimum absolute atomic E-state index is 0.199. The standard InChI is InChI=1S/C23H20N2O2/c1-14-20(13-25-23-22(14)24-8-9-27-23)16-6-7-17-12-21(26)19(18(17)11-16)10-15-4-2-3-5-15/h2-4,6-7,10-11,13,24H,5,8-9,12H2,1H3/b19-10-. The van der Waals surface area contributed by atoms with E-state index in [4.69, 9.17) is 4.74 Å². The van der Waals surface area contributed by atoms with Crippen molar-refractivity contribution in [3.63, 3.8) is 0 Å². The van der Waals surface area contributed by atoms with Crippen LogP contribution in [0.2, 0.25) is 0 Å². The molecule has 1 aromatic heterocycles. The molecule has 3 aliphatic rings. The molecule has 27 heavy (non-hydrogen) atoms. The van der Waals surface area contributed by atoms with Gasteiger partial charge in [0.1, 0.15) is 12.3 Å². The number of anilines is 1. The van der Waals surface area contributed by atoms with Gasteiger partial charge in [0.25, 0.3) is 0 Å². The Balaban J connectivity index is 1.59. The molecule has 0 spiro atoms. The van der Waals surface area contributed by atoms with Crippen LogP contribution in [0.4, 0.5) is 5.69 Å². The Hall–Kier alpha value is -3.14. The minimum Gasteiger partial charge on any atom is -0.474 e. The first-order valence-electron chi connectivity index (χ1n) is 9.31. The van der Waals surface area contributed by atoms with E-state index in [2.05, 4.69) is 47.6 Å². The first-order chi connectivity index (χ1) is 13.2. The van der Waals surface area contributed by atoms with Gasteiger partial charge < -0.3 is 10.1 Å². The number of carbonyl (C=O) groups excluding carboxylic acids is 1. The number of hydrogen-bond donors (Lipinski definition) is 1. The molecule has 2 aromatic rings. The highest BCUT2D eigenvalue weighted by Gasteiger charge is 2.26. The van der Waals surface area contributed by atoms with Gasteiger partial charge in [0.2, 0.25) is 5.88 Å². The highest BCUT2D eigenvalue weighted by Crippen LogP contribution is 2.38. The molecule has 1 aromatic carbocycles. The second-order valence-corrected chi connectivity index (χ2v) is 7.16. The van der Waals surface area contributed by atoms with E-state index in [-0.39, 0.29) is 5.78 Å². The first kappa shape index (κ1) is 16.1. The Morgan fingerprint density at radius 2 is 2.19 bits per heavy atom. The molecule has 0 bridgehead atoms. The van der Waals surface area contributed by atoms with Crippen molar-refractivity contribution in [1.82, 2.24) is 4.98 Å². The van der Waals surface area contributed by atoms with Crippen molar-refractivity contribution < 1.29 is 9.53 Å². The number of hydrogen-bond acceptors (Lipinski definition) is 4. The van der Waals surface area contributed by atoms with Crippen LogP contribution in [0, 0.1) is 6.92 Å². The fourth-order valence-electron chi connectivity index (χ4n) is 3.99. The molecule has 0 unspecified atom stereocenters. The first-order valence-corrected chi connectivity index (χ1v) is 9.31. The molecule has 4 nitrogen and oxygen atoms in total. The molecule has 0 saturated carbocycles. The lowest BCUT2D eigenvalue weighted by molar-refractivity contribution is -0.112. The van der Waals surface area contributed by atoms with Gasteiger partial charge in [-0.25, -0.2) is 4.98 Å². The number of ether oxygens (including phenoxy) is 1. The fraction of sp³-hybridized carbons (Fsp3) is 0.217. The average molecular weight is 356 g/mol. The highest BCUT2D eigenvalue weighted by atomic mass is 16.5. The van der Waals surface area contributed by atoms with Crippen LogP contribution < -0.4 is 10.1 Å². The van der Waals surface area contributed by atoms with Crippen molar-refractivity contribution in [2.75, 3.05) is 18.5 Å². The molecule has 0 saturated heterocycles. The predicted molar refractivity (Wildman–Crippen MR) is 107 cm³/mol. The third-order valence-corrected chi connectivity index (χ3v) is 5.44. The number of nitrogens with zero attached hydrogens (tertiary/aromatic N) is 1. The highest BCUT2D eigenvalue weighted by molar-refractivity contribution is 6.26. The largest absolute Gasteiger partial charge is 0.474 e. The summed E-state index contributed by atoms with van der Waals surface area (Å²) in [6.45, 7) is 3.51. The lowest BCUT2D eigenvalue weighted by Crippen LogP contribution is -2.20. The van der Waals surface area contributed by atoms with E-state index in [1.165, 1.54) is 5.57 Å². The number of Topliss-reactive ketones (excluding diaryl/α,β-unsaturated/α-hetero) is 1. The molecule has 0 atom stereocenters. The van der Waals surface area contributed by atoms with Crippen molar-refractivity contribution in [2.45, 2.75) is 19.8 Å². The van der Waals surface area contributed by atoms with E-state index in [0.29, 0.717) is 18.9 Å². The van der Waals surface area contributed by atoms with Crippen LogP contribution in [-0.2, 0) is 11.2 Å². The monoisotopic (exact) mass is 356 g/mol. The third-order valence-electron chi connectivity index (χ3n) is 5.44. The smallest absolute Gasteiger partial charge is 0.237 e. The van der Waals surface area contributed by atoms with Gasteiger partial charge >= 0.3 is 0 Å². The van der Waals surface area contributed by atoms with Crippen LogP contribution in [0.3, 0.4) is 0 Å². The quantitative estimate of drug-likeness (QED) is 0.817. The number of allylic oxidation sites excluding steroid dienone is 6. The SMILES string of the molecule is Cc1c(-c2ccc3c(c2)/C(=C/C2=CC=CC2)C(=O)C3)cnc2c1NCCO2. The van der Waals surface area contributed by atoms with E-state index in [0.717, 1.165) is 52.0 Å². The van der Waals surface area contributed by atoms with Gasteiger partial charge in [-0.3, -0.25) is 4.79 Å². The van der Waals surface area contributed by atoms with Gasteiger partial charge in [-0.2, -0.15) is 0 Å². The number of pyridine rings is 1.